The highest BCUT2D eigenvalue weighted by molar-refractivity contribution is 6.30. The van der Waals surface area contributed by atoms with Crippen molar-refractivity contribution in [3.63, 3.8) is 0 Å². The summed E-state index contributed by atoms with van der Waals surface area (Å²) >= 11 is 5.93. The van der Waals surface area contributed by atoms with Crippen LogP contribution >= 0.6 is 11.6 Å². The van der Waals surface area contributed by atoms with Gasteiger partial charge in [-0.15, -0.1) is 0 Å². The number of benzene rings is 2. The fourth-order valence-corrected chi connectivity index (χ4v) is 4.02. The molecule has 2 aliphatic heterocycles. The molecule has 6 heteroatoms. The van der Waals surface area contributed by atoms with Crippen LogP contribution < -0.4 is 4.90 Å². The Morgan fingerprint density at radius 3 is 2.43 bits per heavy atom. The average Bonchev–Trinajstić information content (AvgIpc) is 3.53. The van der Waals surface area contributed by atoms with E-state index in [4.69, 9.17) is 21.1 Å². The molecule has 0 aromatic heterocycles. The molecule has 0 bridgehead atoms. The third-order valence-electron chi connectivity index (χ3n) is 5.57. The molecule has 2 fully saturated rings. The van der Waals surface area contributed by atoms with Crippen LogP contribution in [0.2, 0.25) is 5.02 Å². The Morgan fingerprint density at radius 1 is 1.07 bits per heavy atom. The lowest BCUT2D eigenvalue weighted by atomic mass is 9.98. The van der Waals surface area contributed by atoms with Crippen LogP contribution in [-0.4, -0.2) is 31.4 Å². The first-order valence-electron chi connectivity index (χ1n) is 9.63. The Hall–Kier alpha value is -2.21. The van der Waals surface area contributed by atoms with Gasteiger partial charge in [-0.25, -0.2) is 0 Å². The van der Waals surface area contributed by atoms with Crippen LogP contribution in [0.4, 0.5) is 5.69 Å². The van der Waals surface area contributed by atoms with Crippen molar-refractivity contribution in [3.05, 3.63) is 64.2 Å². The van der Waals surface area contributed by atoms with Crippen molar-refractivity contribution < 1.29 is 19.1 Å². The molecule has 0 radical (unpaired) electrons. The molecular weight excluding hydrogens is 378 g/mol. The van der Waals surface area contributed by atoms with Crippen molar-refractivity contribution in [2.75, 3.05) is 24.7 Å². The third-order valence-corrected chi connectivity index (χ3v) is 5.83. The molecule has 1 saturated heterocycles. The van der Waals surface area contributed by atoms with Crippen LogP contribution in [0.15, 0.2) is 42.5 Å². The van der Waals surface area contributed by atoms with Crippen LogP contribution in [0.3, 0.4) is 0 Å². The Balaban J connectivity index is 1.56. The second-order valence-electron chi connectivity index (χ2n) is 7.59. The molecule has 2 aromatic rings. The molecule has 1 aliphatic carbocycles. The van der Waals surface area contributed by atoms with Gasteiger partial charge in [-0.1, -0.05) is 11.6 Å². The van der Waals surface area contributed by atoms with Crippen LogP contribution in [0, 0.1) is 5.92 Å². The standard InChI is InChI=1S/C22H20ClNO4/c23-17-7-4-15(5-8-17)20(25)16-6-9-19-18(12-16)22(27-10-1-11-28-22)21(26)24(19)13-14-2-3-14/h4-9,12,14H,1-3,10-11,13H2. The smallest absolute Gasteiger partial charge is 0.292 e. The number of rotatable bonds is 4. The zero-order valence-electron chi connectivity index (χ0n) is 15.3. The van der Waals surface area contributed by atoms with E-state index in [2.05, 4.69) is 0 Å². The number of nitrogens with zero attached hydrogens (tertiary/aromatic N) is 1. The normalized spacial score (nSPS) is 20.5. The van der Waals surface area contributed by atoms with E-state index >= 15 is 0 Å². The SMILES string of the molecule is O=C(c1ccc(Cl)cc1)c1ccc2c(c1)C1(OCCCO1)C(=O)N2CC1CC1. The van der Waals surface area contributed by atoms with E-state index in [9.17, 15) is 9.59 Å². The highest BCUT2D eigenvalue weighted by Gasteiger charge is 2.55. The van der Waals surface area contributed by atoms with Gasteiger partial charge in [0.05, 0.1) is 18.9 Å². The average molecular weight is 398 g/mol. The third kappa shape index (κ3) is 2.85. The first-order valence-corrected chi connectivity index (χ1v) is 10.0. The van der Waals surface area contributed by atoms with E-state index in [1.165, 1.54) is 0 Å². The summed E-state index contributed by atoms with van der Waals surface area (Å²) in [7, 11) is 0. The van der Waals surface area contributed by atoms with E-state index in [0.717, 1.165) is 24.9 Å². The van der Waals surface area contributed by atoms with Crippen molar-refractivity contribution in [1.29, 1.82) is 0 Å². The molecule has 2 aromatic carbocycles. The molecule has 3 aliphatic rings. The molecule has 144 valence electrons. The van der Waals surface area contributed by atoms with Crippen LogP contribution in [0.1, 0.15) is 40.7 Å². The summed E-state index contributed by atoms with van der Waals surface area (Å²) in [6.07, 6.45) is 3.03. The molecule has 0 unspecified atom stereocenters. The van der Waals surface area contributed by atoms with Gasteiger partial charge in [0.2, 0.25) is 0 Å². The fourth-order valence-electron chi connectivity index (χ4n) is 3.90. The van der Waals surface area contributed by atoms with Gasteiger partial charge < -0.3 is 14.4 Å². The summed E-state index contributed by atoms with van der Waals surface area (Å²) in [6.45, 7) is 1.58. The fraction of sp³-hybridized carbons (Fsp3) is 0.364. The minimum Gasteiger partial charge on any atom is -0.338 e. The maximum absolute atomic E-state index is 13.3. The van der Waals surface area contributed by atoms with Crippen molar-refractivity contribution in [3.8, 4) is 0 Å². The molecule has 0 atom stereocenters. The Bertz CT molecular complexity index is 946. The number of fused-ring (bicyclic) bond motifs is 2. The van der Waals surface area contributed by atoms with Crippen LogP contribution in [-0.2, 0) is 20.1 Å². The monoisotopic (exact) mass is 397 g/mol. The van der Waals surface area contributed by atoms with Crippen LogP contribution in [0.25, 0.3) is 0 Å². The Kier molecular flexibility index (Phi) is 4.27. The minimum absolute atomic E-state index is 0.126. The second kappa shape index (κ2) is 6.69. The summed E-state index contributed by atoms with van der Waals surface area (Å²) in [5.41, 5.74) is 2.46. The molecule has 5 rings (SSSR count). The lowest BCUT2D eigenvalue weighted by Gasteiger charge is -2.32. The molecular formula is C22H20ClNO4. The molecule has 1 amide bonds. The number of ether oxygens (including phenoxy) is 2. The van der Waals surface area contributed by atoms with Gasteiger partial charge in [0.1, 0.15) is 0 Å². The summed E-state index contributed by atoms with van der Waals surface area (Å²) in [5.74, 6) is -1.19. The quantitative estimate of drug-likeness (QED) is 0.734. The number of carbonyl (C=O) groups is 2. The first kappa shape index (κ1) is 17.9. The lowest BCUT2D eigenvalue weighted by Crippen LogP contribution is -2.47. The molecule has 1 saturated carbocycles. The second-order valence-corrected chi connectivity index (χ2v) is 8.03. The van der Waals surface area contributed by atoms with Gasteiger partial charge in [-0.3, -0.25) is 9.59 Å². The first-order chi connectivity index (χ1) is 13.6. The van der Waals surface area contributed by atoms with Gasteiger partial charge in [0.15, 0.2) is 5.78 Å². The van der Waals surface area contributed by atoms with E-state index in [0.29, 0.717) is 47.4 Å². The van der Waals surface area contributed by atoms with Gasteiger partial charge >= 0.3 is 0 Å². The van der Waals surface area contributed by atoms with Gasteiger partial charge in [0.25, 0.3) is 11.7 Å². The van der Waals surface area contributed by atoms with Crippen molar-refractivity contribution in [2.24, 2.45) is 5.92 Å². The van der Waals surface area contributed by atoms with E-state index in [1.54, 1.807) is 41.3 Å². The highest BCUT2D eigenvalue weighted by Crippen LogP contribution is 2.47. The summed E-state index contributed by atoms with van der Waals surface area (Å²) < 4.78 is 11.8. The van der Waals surface area contributed by atoms with E-state index in [-0.39, 0.29) is 11.7 Å². The molecule has 0 N–H and O–H groups in total. The number of halogens is 1. The zero-order chi connectivity index (χ0) is 19.3. The molecule has 28 heavy (non-hydrogen) atoms. The lowest BCUT2D eigenvalue weighted by molar-refractivity contribution is -0.256. The van der Waals surface area contributed by atoms with Gasteiger partial charge in [0, 0.05) is 28.3 Å². The Morgan fingerprint density at radius 2 is 1.75 bits per heavy atom. The maximum Gasteiger partial charge on any atom is 0.292 e. The van der Waals surface area contributed by atoms with Gasteiger partial charge in [-0.2, -0.15) is 0 Å². The topological polar surface area (TPSA) is 55.8 Å². The molecule has 2 heterocycles. The predicted octanol–water partition coefficient (Wildman–Crippen LogP) is 3.92. The van der Waals surface area contributed by atoms with Crippen molar-refractivity contribution in [2.45, 2.75) is 25.0 Å². The number of amides is 1. The zero-order valence-corrected chi connectivity index (χ0v) is 16.1. The molecule has 1 spiro atoms. The summed E-state index contributed by atoms with van der Waals surface area (Å²) in [4.78, 5) is 28.0. The Labute approximate surface area is 168 Å². The van der Waals surface area contributed by atoms with Gasteiger partial charge in [-0.05, 0) is 67.6 Å². The number of ketones is 1. The molecule has 5 nitrogen and oxygen atoms in total. The predicted molar refractivity (Wildman–Crippen MR) is 105 cm³/mol. The highest BCUT2D eigenvalue weighted by atomic mass is 35.5. The van der Waals surface area contributed by atoms with E-state index in [1.807, 2.05) is 6.07 Å². The summed E-state index contributed by atoms with van der Waals surface area (Å²) in [5, 5.41) is 0.578. The van der Waals surface area contributed by atoms with Crippen molar-refractivity contribution >= 4 is 29.0 Å². The largest absolute Gasteiger partial charge is 0.338 e. The maximum atomic E-state index is 13.3. The number of hydrogen-bond donors (Lipinski definition) is 0. The number of anilines is 1. The number of carbonyl (C=O) groups excluding carboxylic acids is 2. The van der Waals surface area contributed by atoms with E-state index < -0.39 is 5.79 Å². The minimum atomic E-state index is -1.42. The van der Waals surface area contributed by atoms with Crippen LogP contribution in [0.5, 0.6) is 0 Å². The number of hydrogen-bond acceptors (Lipinski definition) is 4. The van der Waals surface area contributed by atoms with Crippen molar-refractivity contribution in [1.82, 2.24) is 0 Å². The summed E-state index contributed by atoms with van der Waals surface area (Å²) in [6, 6.07) is 12.1.